The van der Waals surface area contributed by atoms with Gasteiger partial charge in [-0.25, -0.2) is 8.42 Å². The lowest BCUT2D eigenvalue weighted by Gasteiger charge is -2.43. The topological polar surface area (TPSA) is 96.2 Å². The minimum atomic E-state index is -2.91. The molecule has 0 radical (unpaired) electrons. The number of nitro benzene ring substituents is 1. The Morgan fingerprint density at radius 3 is 2.37 bits per heavy atom. The highest BCUT2D eigenvalue weighted by Crippen LogP contribution is 2.32. The zero-order valence-corrected chi connectivity index (χ0v) is 18.6. The van der Waals surface area contributed by atoms with Crippen molar-refractivity contribution < 1.29 is 18.1 Å². The Bertz CT molecular complexity index is 832. The molecule has 2 fully saturated rings. The summed E-state index contributed by atoms with van der Waals surface area (Å²) >= 11 is 0. The zero-order valence-electron chi connectivity index (χ0n) is 17.8. The summed E-state index contributed by atoms with van der Waals surface area (Å²) in [7, 11) is -2.91. The molecule has 0 atom stereocenters. The van der Waals surface area contributed by atoms with E-state index >= 15 is 0 Å². The molecule has 10 heteroatoms. The monoisotopic (exact) mass is 440 g/mol. The third kappa shape index (κ3) is 6.05. The summed E-state index contributed by atoms with van der Waals surface area (Å²) in [5.74, 6) is 0.555. The average molecular weight is 441 g/mol. The van der Waals surface area contributed by atoms with E-state index < -0.39 is 14.8 Å². The number of ether oxygens (including phenoxy) is 1. The van der Waals surface area contributed by atoms with Gasteiger partial charge in [-0.1, -0.05) is 0 Å². The first kappa shape index (κ1) is 22.8. The van der Waals surface area contributed by atoms with Gasteiger partial charge in [0.2, 0.25) is 0 Å². The molecule has 0 aromatic heterocycles. The van der Waals surface area contributed by atoms with Crippen LogP contribution < -0.4 is 9.64 Å². The third-order valence-electron chi connectivity index (χ3n) is 5.97. The van der Waals surface area contributed by atoms with E-state index in [9.17, 15) is 18.5 Å². The molecule has 9 nitrogen and oxygen atoms in total. The molecular formula is C20H32N4O5S. The number of piperidine rings is 1. The molecule has 2 aliphatic rings. The molecule has 30 heavy (non-hydrogen) atoms. The highest BCUT2D eigenvalue weighted by atomic mass is 32.2. The van der Waals surface area contributed by atoms with Crippen LogP contribution in [0.15, 0.2) is 18.2 Å². The average Bonchev–Trinajstić information content (AvgIpc) is 2.72. The fourth-order valence-electron chi connectivity index (χ4n) is 4.27. The molecule has 0 aliphatic carbocycles. The lowest BCUT2D eigenvalue weighted by molar-refractivity contribution is -0.385. The molecule has 1 aromatic rings. The molecule has 168 valence electrons. The van der Waals surface area contributed by atoms with Crippen molar-refractivity contribution in [1.82, 2.24) is 9.80 Å². The Labute approximate surface area is 178 Å². The molecule has 2 aliphatic heterocycles. The van der Waals surface area contributed by atoms with Crippen LogP contribution in [0.1, 0.15) is 19.8 Å². The SMILES string of the molecule is CCOc1cc(N2CCN(C3CCN(CCS(C)(=O)=O)CC3)CC2)ccc1[N+](=O)[O-]. The van der Waals surface area contributed by atoms with Gasteiger partial charge in [0.25, 0.3) is 0 Å². The summed E-state index contributed by atoms with van der Waals surface area (Å²) in [6.07, 6.45) is 3.42. The Balaban J connectivity index is 1.51. The molecule has 1 aromatic carbocycles. The van der Waals surface area contributed by atoms with Gasteiger partial charge in [-0.15, -0.1) is 0 Å². The number of likely N-dealkylation sites (tertiary alicyclic amines) is 1. The molecule has 0 unspecified atom stereocenters. The van der Waals surface area contributed by atoms with Crippen molar-refractivity contribution >= 4 is 21.2 Å². The van der Waals surface area contributed by atoms with Gasteiger partial charge in [-0.2, -0.15) is 0 Å². The first-order chi connectivity index (χ1) is 14.3. The second kappa shape index (κ2) is 9.93. The van der Waals surface area contributed by atoms with Gasteiger partial charge < -0.3 is 14.5 Å². The van der Waals surface area contributed by atoms with E-state index in [0.717, 1.165) is 57.8 Å². The van der Waals surface area contributed by atoms with Gasteiger partial charge in [0.05, 0.1) is 17.3 Å². The summed E-state index contributed by atoms with van der Waals surface area (Å²) in [5, 5.41) is 11.2. The zero-order chi connectivity index (χ0) is 21.7. The Kier molecular flexibility index (Phi) is 7.54. The van der Waals surface area contributed by atoms with E-state index in [1.54, 1.807) is 12.1 Å². The highest BCUT2D eigenvalue weighted by molar-refractivity contribution is 7.90. The Hall–Kier alpha value is -1.91. The number of hydrogen-bond donors (Lipinski definition) is 0. The van der Waals surface area contributed by atoms with Crippen LogP contribution in [0.4, 0.5) is 11.4 Å². The van der Waals surface area contributed by atoms with Crippen LogP contribution in [-0.2, 0) is 9.84 Å². The van der Waals surface area contributed by atoms with Gasteiger partial charge in [0.1, 0.15) is 9.84 Å². The summed E-state index contributed by atoms with van der Waals surface area (Å²) in [4.78, 5) is 17.8. The van der Waals surface area contributed by atoms with E-state index in [0.29, 0.717) is 24.9 Å². The maximum atomic E-state index is 11.4. The quantitative estimate of drug-likeness (QED) is 0.445. The molecule has 2 heterocycles. The normalized spacial score (nSPS) is 19.7. The first-order valence-electron chi connectivity index (χ1n) is 10.6. The van der Waals surface area contributed by atoms with Crippen molar-refractivity contribution in [2.45, 2.75) is 25.8 Å². The summed E-state index contributed by atoms with van der Waals surface area (Å²) < 4.78 is 28.2. The highest BCUT2D eigenvalue weighted by Gasteiger charge is 2.28. The van der Waals surface area contributed by atoms with Crippen LogP contribution in [0.2, 0.25) is 0 Å². The van der Waals surface area contributed by atoms with Crippen LogP contribution in [0.3, 0.4) is 0 Å². The molecule has 0 saturated carbocycles. The Morgan fingerprint density at radius 2 is 1.80 bits per heavy atom. The van der Waals surface area contributed by atoms with Crippen molar-refractivity contribution in [2.24, 2.45) is 0 Å². The van der Waals surface area contributed by atoms with Crippen LogP contribution >= 0.6 is 0 Å². The van der Waals surface area contributed by atoms with Gasteiger partial charge in [-0.3, -0.25) is 15.0 Å². The predicted molar refractivity (Wildman–Crippen MR) is 117 cm³/mol. The second-order valence-electron chi connectivity index (χ2n) is 8.07. The number of piperazine rings is 1. The van der Waals surface area contributed by atoms with E-state index in [2.05, 4.69) is 14.7 Å². The summed E-state index contributed by atoms with van der Waals surface area (Å²) in [5.41, 5.74) is 0.959. The van der Waals surface area contributed by atoms with Crippen molar-refractivity contribution in [2.75, 3.05) is 69.3 Å². The molecule has 0 bridgehead atoms. The van der Waals surface area contributed by atoms with E-state index in [1.807, 2.05) is 6.92 Å². The molecular weight excluding hydrogens is 408 g/mol. The molecule has 3 rings (SSSR count). The fourth-order valence-corrected chi connectivity index (χ4v) is 4.86. The van der Waals surface area contributed by atoms with E-state index in [1.165, 1.54) is 12.3 Å². The lowest BCUT2D eigenvalue weighted by atomic mass is 10.0. The predicted octanol–water partition coefficient (Wildman–Crippen LogP) is 1.62. The van der Waals surface area contributed by atoms with Crippen LogP contribution in [0.25, 0.3) is 0 Å². The summed E-state index contributed by atoms with van der Waals surface area (Å²) in [6.45, 7) is 8.38. The standard InChI is InChI=1S/C20H32N4O5S/c1-3-29-20-16-18(4-5-19(20)24(25)26)23-12-10-22(11-13-23)17-6-8-21(9-7-17)14-15-30(2,27)28/h4-5,16-17H,3,6-15H2,1-2H3. The number of nitrogens with zero attached hydrogens (tertiary/aromatic N) is 4. The number of benzene rings is 1. The van der Waals surface area contributed by atoms with Gasteiger partial charge in [-0.05, 0) is 38.9 Å². The van der Waals surface area contributed by atoms with Crippen LogP contribution in [-0.4, -0.2) is 93.6 Å². The minimum Gasteiger partial charge on any atom is -0.487 e. The van der Waals surface area contributed by atoms with E-state index in [4.69, 9.17) is 4.74 Å². The number of nitro groups is 1. The molecule has 0 amide bonds. The second-order valence-corrected chi connectivity index (χ2v) is 10.3. The van der Waals surface area contributed by atoms with Crippen molar-refractivity contribution in [3.05, 3.63) is 28.3 Å². The number of sulfone groups is 1. The van der Waals surface area contributed by atoms with Crippen molar-refractivity contribution in [3.63, 3.8) is 0 Å². The van der Waals surface area contributed by atoms with Gasteiger partial charge in [0, 0.05) is 62.8 Å². The summed E-state index contributed by atoms with van der Waals surface area (Å²) in [6, 6.07) is 5.64. The van der Waals surface area contributed by atoms with Gasteiger partial charge in [0.15, 0.2) is 5.75 Å². The van der Waals surface area contributed by atoms with Crippen molar-refractivity contribution in [3.8, 4) is 5.75 Å². The lowest BCUT2D eigenvalue weighted by Crippen LogP contribution is -2.53. The number of anilines is 1. The van der Waals surface area contributed by atoms with Gasteiger partial charge >= 0.3 is 5.69 Å². The number of rotatable bonds is 8. The minimum absolute atomic E-state index is 0.00173. The number of hydrogen-bond acceptors (Lipinski definition) is 8. The molecule has 2 saturated heterocycles. The molecule has 0 N–H and O–H groups in total. The molecule has 0 spiro atoms. The smallest absolute Gasteiger partial charge is 0.311 e. The maximum Gasteiger partial charge on any atom is 0.311 e. The Morgan fingerprint density at radius 1 is 1.13 bits per heavy atom. The first-order valence-corrected chi connectivity index (χ1v) is 12.6. The maximum absolute atomic E-state index is 11.4. The third-order valence-corrected chi connectivity index (χ3v) is 6.90. The largest absolute Gasteiger partial charge is 0.487 e. The van der Waals surface area contributed by atoms with Crippen LogP contribution in [0, 0.1) is 10.1 Å². The fraction of sp³-hybridized carbons (Fsp3) is 0.700. The van der Waals surface area contributed by atoms with Crippen LogP contribution in [0.5, 0.6) is 5.75 Å². The van der Waals surface area contributed by atoms with E-state index in [-0.39, 0.29) is 11.4 Å². The van der Waals surface area contributed by atoms with Crippen molar-refractivity contribution in [1.29, 1.82) is 0 Å².